The summed E-state index contributed by atoms with van der Waals surface area (Å²) in [5.41, 5.74) is 0.542. The molecule has 33 heavy (non-hydrogen) atoms. The number of halogens is 3. The molecule has 2 aromatic carbocycles. The summed E-state index contributed by atoms with van der Waals surface area (Å²) in [7, 11) is -3.78. The van der Waals surface area contributed by atoms with E-state index < -0.39 is 21.8 Å². The van der Waals surface area contributed by atoms with Gasteiger partial charge in [0.2, 0.25) is 16.0 Å². The Morgan fingerprint density at radius 2 is 1.58 bits per heavy atom. The van der Waals surface area contributed by atoms with Crippen molar-refractivity contribution in [2.45, 2.75) is 23.5 Å². The fraction of sp³-hybridized carbons (Fsp3) is 0.304. The van der Waals surface area contributed by atoms with Gasteiger partial charge >= 0.3 is 6.18 Å². The lowest BCUT2D eigenvalue weighted by atomic mass is 9.83. The van der Waals surface area contributed by atoms with Gasteiger partial charge in [-0.1, -0.05) is 48.5 Å². The number of hydrogen-bond acceptors (Lipinski definition) is 5. The minimum absolute atomic E-state index is 0.172. The number of alkyl halides is 3. The summed E-state index contributed by atoms with van der Waals surface area (Å²) in [5.74, 6) is 0.444. The average Bonchev–Trinajstić information content (AvgIpc) is 2.80. The molecule has 0 radical (unpaired) electrons. The Kier molecular flexibility index (Phi) is 5.37. The molecule has 0 amide bonds. The lowest BCUT2D eigenvalue weighted by Gasteiger charge is -2.53. The quantitative estimate of drug-likeness (QED) is 0.571. The third-order valence-electron chi connectivity index (χ3n) is 6.33. The predicted octanol–water partition coefficient (Wildman–Crippen LogP) is 4.06. The molecule has 2 atom stereocenters. The number of piperidine rings is 1. The second-order valence-corrected chi connectivity index (χ2v) is 10.2. The molecule has 3 heterocycles. The van der Waals surface area contributed by atoms with E-state index in [2.05, 4.69) is 9.97 Å². The van der Waals surface area contributed by atoms with E-state index in [-0.39, 0.29) is 29.3 Å². The molecular formula is C23H21F3N4O2S. The minimum Gasteiger partial charge on any atom is -0.336 e. The van der Waals surface area contributed by atoms with Crippen LogP contribution in [0.5, 0.6) is 0 Å². The van der Waals surface area contributed by atoms with Gasteiger partial charge in [-0.2, -0.15) is 17.5 Å². The third kappa shape index (κ3) is 3.97. The second kappa shape index (κ2) is 8.11. The number of rotatable bonds is 4. The summed E-state index contributed by atoms with van der Waals surface area (Å²) in [5, 5.41) is 0. The molecule has 2 aliphatic heterocycles. The highest BCUT2D eigenvalue weighted by molar-refractivity contribution is 7.89. The summed E-state index contributed by atoms with van der Waals surface area (Å²) in [6.45, 7) is 1.24. The van der Waals surface area contributed by atoms with E-state index in [1.807, 2.05) is 36.4 Å². The van der Waals surface area contributed by atoms with Crippen molar-refractivity contribution in [2.24, 2.45) is 5.92 Å². The molecule has 1 aromatic heterocycles. The molecule has 3 aromatic rings. The number of sulfonamides is 1. The fourth-order valence-corrected chi connectivity index (χ4v) is 6.21. The van der Waals surface area contributed by atoms with Gasteiger partial charge in [-0.05, 0) is 24.0 Å². The van der Waals surface area contributed by atoms with Crippen LogP contribution >= 0.6 is 0 Å². The number of benzene rings is 2. The van der Waals surface area contributed by atoms with Crippen LogP contribution in [0.2, 0.25) is 0 Å². The first kappa shape index (κ1) is 21.8. The van der Waals surface area contributed by atoms with Crippen molar-refractivity contribution in [3.05, 3.63) is 72.6 Å². The topological polar surface area (TPSA) is 66.4 Å². The van der Waals surface area contributed by atoms with Crippen LogP contribution in [0, 0.1) is 5.92 Å². The van der Waals surface area contributed by atoms with E-state index >= 15 is 0 Å². The van der Waals surface area contributed by atoms with Crippen LogP contribution in [0.15, 0.2) is 71.9 Å². The monoisotopic (exact) mass is 474 g/mol. The van der Waals surface area contributed by atoms with Crippen molar-refractivity contribution in [2.75, 3.05) is 24.5 Å². The van der Waals surface area contributed by atoms with Crippen LogP contribution in [0.4, 0.5) is 19.1 Å². The molecule has 0 N–H and O–H groups in total. The lowest BCUT2D eigenvalue weighted by molar-refractivity contribution is -0.138. The summed E-state index contributed by atoms with van der Waals surface area (Å²) in [6.07, 6.45) is -2.29. The smallest absolute Gasteiger partial charge is 0.336 e. The Labute approximate surface area is 189 Å². The Morgan fingerprint density at radius 3 is 2.27 bits per heavy atom. The van der Waals surface area contributed by atoms with E-state index in [1.54, 1.807) is 23.1 Å². The highest BCUT2D eigenvalue weighted by atomic mass is 32.2. The summed E-state index contributed by atoms with van der Waals surface area (Å²) in [6, 6.07) is 16.1. The molecule has 0 aliphatic carbocycles. The third-order valence-corrected chi connectivity index (χ3v) is 8.25. The Morgan fingerprint density at radius 1 is 0.909 bits per heavy atom. The van der Waals surface area contributed by atoms with Crippen molar-refractivity contribution in [3.8, 4) is 11.1 Å². The van der Waals surface area contributed by atoms with Crippen LogP contribution in [0.1, 0.15) is 12.0 Å². The van der Waals surface area contributed by atoms with Crippen molar-refractivity contribution in [1.29, 1.82) is 0 Å². The first-order chi connectivity index (χ1) is 15.7. The van der Waals surface area contributed by atoms with E-state index in [0.29, 0.717) is 25.1 Å². The molecule has 0 unspecified atom stereocenters. The maximum atomic E-state index is 13.6. The second-order valence-electron chi connectivity index (χ2n) is 8.26. The molecule has 2 fully saturated rings. The average molecular weight is 475 g/mol. The van der Waals surface area contributed by atoms with Gasteiger partial charge in [-0.3, -0.25) is 0 Å². The summed E-state index contributed by atoms with van der Waals surface area (Å²) in [4.78, 5) is 9.80. The molecule has 2 aliphatic rings. The van der Waals surface area contributed by atoms with Crippen molar-refractivity contribution in [1.82, 2.24) is 14.3 Å². The van der Waals surface area contributed by atoms with Crippen LogP contribution < -0.4 is 4.90 Å². The van der Waals surface area contributed by atoms with Gasteiger partial charge in [0, 0.05) is 37.6 Å². The van der Waals surface area contributed by atoms with Crippen molar-refractivity contribution in [3.63, 3.8) is 0 Å². The van der Waals surface area contributed by atoms with Crippen molar-refractivity contribution >= 4 is 16.0 Å². The first-order valence-corrected chi connectivity index (χ1v) is 12.0. The minimum atomic E-state index is -4.50. The standard InChI is InChI=1S/C23H21F3N4O2S/c24-23(25,26)18-12-27-22(28-13-18)30-14-17-10-11-29(15-20(17)30)33(31,32)21-9-5-4-8-19(21)16-6-2-1-3-7-16/h1-9,12-13,17,20H,10-11,14-15H2/t17-,20-/m0/s1. The van der Waals surface area contributed by atoms with Crippen LogP contribution in [0.25, 0.3) is 11.1 Å². The Bertz CT molecular complexity index is 1250. The molecule has 0 bridgehead atoms. The number of anilines is 1. The SMILES string of the molecule is O=S(=O)(c1ccccc1-c1ccccc1)N1CC[C@H]2CN(c3ncc(C(F)(F)F)cn3)[C@H]2C1. The molecule has 5 rings (SSSR count). The predicted molar refractivity (Wildman–Crippen MR) is 117 cm³/mol. The first-order valence-electron chi connectivity index (χ1n) is 10.6. The summed E-state index contributed by atoms with van der Waals surface area (Å²) >= 11 is 0. The summed E-state index contributed by atoms with van der Waals surface area (Å²) < 4.78 is 67.1. The zero-order chi connectivity index (χ0) is 23.2. The largest absolute Gasteiger partial charge is 0.419 e. The normalized spacial score (nSPS) is 21.4. The Balaban J connectivity index is 1.39. The highest BCUT2D eigenvalue weighted by Crippen LogP contribution is 2.38. The Hall–Kier alpha value is -2.98. The van der Waals surface area contributed by atoms with Gasteiger partial charge < -0.3 is 4.90 Å². The number of nitrogens with zero attached hydrogens (tertiary/aromatic N) is 4. The molecule has 0 saturated carbocycles. The van der Waals surface area contributed by atoms with E-state index in [1.165, 1.54) is 4.31 Å². The molecule has 6 nitrogen and oxygen atoms in total. The van der Waals surface area contributed by atoms with E-state index in [4.69, 9.17) is 0 Å². The van der Waals surface area contributed by atoms with E-state index in [0.717, 1.165) is 18.0 Å². The zero-order valence-electron chi connectivity index (χ0n) is 17.5. The lowest BCUT2D eigenvalue weighted by Crippen LogP contribution is -2.65. The number of fused-ring (bicyclic) bond motifs is 1. The number of aromatic nitrogens is 2. The van der Waals surface area contributed by atoms with Crippen LogP contribution in [-0.2, 0) is 16.2 Å². The maximum Gasteiger partial charge on any atom is 0.419 e. The van der Waals surface area contributed by atoms with Crippen molar-refractivity contribution < 1.29 is 21.6 Å². The van der Waals surface area contributed by atoms with Gasteiger partial charge in [0.25, 0.3) is 0 Å². The molecule has 172 valence electrons. The molecule has 2 saturated heterocycles. The van der Waals surface area contributed by atoms with Gasteiger partial charge in [0.05, 0.1) is 16.5 Å². The van der Waals surface area contributed by atoms with Crippen LogP contribution in [0.3, 0.4) is 0 Å². The van der Waals surface area contributed by atoms with Gasteiger partial charge in [-0.25, -0.2) is 18.4 Å². The number of hydrogen-bond donors (Lipinski definition) is 0. The molecule has 0 spiro atoms. The zero-order valence-corrected chi connectivity index (χ0v) is 18.3. The van der Waals surface area contributed by atoms with Crippen LogP contribution in [-0.4, -0.2) is 48.4 Å². The van der Waals surface area contributed by atoms with Gasteiger partial charge in [-0.15, -0.1) is 0 Å². The maximum absolute atomic E-state index is 13.6. The highest BCUT2D eigenvalue weighted by Gasteiger charge is 2.47. The molecule has 10 heteroatoms. The fourth-order valence-electron chi connectivity index (χ4n) is 4.52. The van der Waals surface area contributed by atoms with E-state index in [9.17, 15) is 21.6 Å². The molecular weight excluding hydrogens is 453 g/mol. The van der Waals surface area contributed by atoms with Gasteiger partial charge in [0.15, 0.2) is 0 Å². The van der Waals surface area contributed by atoms with Gasteiger partial charge in [0.1, 0.15) is 0 Å².